The molecule has 0 nitrogen and oxygen atoms in total. The topological polar surface area (TPSA) is 0 Å². The summed E-state index contributed by atoms with van der Waals surface area (Å²) in [5, 5.41) is 0. The summed E-state index contributed by atoms with van der Waals surface area (Å²) in [5.74, 6) is -1.76. The Hall–Kier alpha value is -2.17. The minimum Gasteiger partial charge on any atom is -0.212 e. The fourth-order valence-corrected chi connectivity index (χ4v) is 4.60. The Bertz CT molecular complexity index is 887. The average molecular weight is 437 g/mol. The van der Waals surface area contributed by atoms with E-state index in [0.717, 1.165) is 24.0 Å². The molecule has 1 atom stereocenters. The highest BCUT2D eigenvalue weighted by Gasteiger charge is 2.31. The zero-order chi connectivity index (χ0) is 22.6. The zero-order valence-electron chi connectivity index (χ0n) is 18.0. The van der Waals surface area contributed by atoms with Crippen LogP contribution in [0.3, 0.4) is 0 Å². The molecule has 5 heteroatoms. The standard InChI is InChI=1S/C26H29F5/c1-3-4-17(2)18-5-7-19(8-6-18)22-13-14-23(24(27)15-22)20-9-11-21(12-10-20)25(28)16-26(29,30)31/h5-8,13-17,20-21H,3-4,9-12H2,1-2H3/b25-16-. The predicted molar refractivity (Wildman–Crippen MR) is 115 cm³/mol. The third-order valence-electron chi connectivity index (χ3n) is 6.39. The second-order valence-corrected chi connectivity index (χ2v) is 8.67. The molecule has 0 aromatic heterocycles. The van der Waals surface area contributed by atoms with E-state index in [-0.39, 0.29) is 17.8 Å². The lowest BCUT2D eigenvalue weighted by molar-refractivity contribution is -0.0820. The maximum Gasteiger partial charge on any atom is 0.412 e. The number of benzene rings is 2. The fraction of sp³-hybridized carbons (Fsp3) is 0.462. The highest BCUT2D eigenvalue weighted by atomic mass is 19.4. The van der Waals surface area contributed by atoms with Crippen molar-refractivity contribution < 1.29 is 22.0 Å². The molecule has 0 aliphatic heterocycles. The molecule has 168 valence electrons. The molecule has 2 aromatic carbocycles. The number of alkyl halides is 3. The van der Waals surface area contributed by atoms with Gasteiger partial charge in [0.15, 0.2) is 0 Å². The highest BCUT2D eigenvalue weighted by Crippen LogP contribution is 2.41. The minimum atomic E-state index is -4.64. The van der Waals surface area contributed by atoms with Crippen LogP contribution in [0.25, 0.3) is 11.1 Å². The number of rotatable bonds is 6. The van der Waals surface area contributed by atoms with Crippen LogP contribution < -0.4 is 0 Å². The maximum absolute atomic E-state index is 14.9. The molecule has 1 fully saturated rings. The van der Waals surface area contributed by atoms with Crippen molar-refractivity contribution in [2.75, 3.05) is 0 Å². The van der Waals surface area contributed by atoms with Gasteiger partial charge in [-0.2, -0.15) is 13.2 Å². The summed E-state index contributed by atoms with van der Waals surface area (Å²) in [6.07, 6.45) is -1.10. The van der Waals surface area contributed by atoms with E-state index in [1.54, 1.807) is 6.07 Å². The molecular formula is C26H29F5. The van der Waals surface area contributed by atoms with Gasteiger partial charge in [-0.3, -0.25) is 0 Å². The van der Waals surface area contributed by atoms with Crippen LogP contribution in [0.15, 0.2) is 54.4 Å². The van der Waals surface area contributed by atoms with Gasteiger partial charge in [0, 0.05) is 5.92 Å². The Morgan fingerprint density at radius 2 is 1.61 bits per heavy atom. The first-order valence-electron chi connectivity index (χ1n) is 11.0. The summed E-state index contributed by atoms with van der Waals surface area (Å²) in [6.45, 7) is 4.36. The Labute approximate surface area is 181 Å². The number of hydrogen-bond donors (Lipinski definition) is 0. The Balaban J connectivity index is 1.67. The smallest absolute Gasteiger partial charge is 0.212 e. The van der Waals surface area contributed by atoms with Crippen molar-refractivity contribution >= 4 is 0 Å². The molecule has 0 saturated heterocycles. The van der Waals surface area contributed by atoms with E-state index < -0.39 is 17.9 Å². The van der Waals surface area contributed by atoms with Gasteiger partial charge in [-0.25, -0.2) is 8.78 Å². The summed E-state index contributed by atoms with van der Waals surface area (Å²) < 4.78 is 65.8. The van der Waals surface area contributed by atoms with Crippen molar-refractivity contribution in [1.29, 1.82) is 0 Å². The van der Waals surface area contributed by atoms with Crippen molar-refractivity contribution in [3.63, 3.8) is 0 Å². The third kappa shape index (κ3) is 6.18. The number of halogens is 5. The summed E-state index contributed by atoms with van der Waals surface area (Å²) in [7, 11) is 0. The second-order valence-electron chi connectivity index (χ2n) is 8.67. The van der Waals surface area contributed by atoms with E-state index in [1.165, 1.54) is 11.6 Å². The van der Waals surface area contributed by atoms with Gasteiger partial charge in [0.2, 0.25) is 0 Å². The van der Waals surface area contributed by atoms with Crippen molar-refractivity contribution in [3.05, 3.63) is 71.3 Å². The summed E-state index contributed by atoms with van der Waals surface area (Å²) in [5.41, 5.74) is 3.58. The normalized spacial score (nSPS) is 21.2. The van der Waals surface area contributed by atoms with Crippen molar-refractivity contribution in [2.24, 2.45) is 5.92 Å². The third-order valence-corrected chi connectivity index (χ3v) is 6.39. The fourth-order valence-electron chi connectivity index (χ4n) is 4.60. The molecule has 0 bridgehead atoms. The van der Waals surface area contributed by atoms with Crippen LogP contribution in [0.4, 0.5) is 22.0 Å². The molecule has 1 aliphatic carbocycles. The van der Waals surface area contributed by atoms with E-state index >= 15 is 0 Å². The largest absolute Gasteiger partial charge is 0.412 e. The first kappa shape index (κ1) is 23.5. The molecule has 0 amide bonds. The van der Waals surface area contributed by atoms with Gasteiger partial charge in [0.05, 0.1) is 6.08 Å². The van der Waals surface area contributed by atoms with E-state index in [9.17, 15) is 22.0 Å². The van der Waals surface area contributed by atoms with Gasteiger partial charge in [-0.15, -0.1) is 0 Å². The first-order chi connectivity index (χ1) is 14.7. The lowest BCUT2D eigenvalue weighted by atomic mass is 9.77. The Morgan fingerprint density at radius 1 is 1.00 bits per heavy atom. The van der Waals surface area contributed by atoms with E-state index in [0.29, 0.717) is 37.2 Å². The molecule has 31 heavy (non-hydrogen) atoms. The summed E-state index contributed by atoms with van der Waals surface area (Å²) >= 11 is 0. The van der Waals surface area contributed by atoms with Crippen molar-refractivity contribution in [2.45, 2.75) is 70.4 Å². The van der Waals surface area contributed by atoms with Gasteiger partial charge >= 0.3 is 6.18 Å². The summed E-state index contributed by atoms with van der Waals surface area (Å²) in [4.78, 5) is 0. The monoisotopic (exact) mass is 436 g/mol. The van der Waals surface area contributed by atoms with Gasteiger partial charge < -0.3 is 0 Å². The molecule has 1 unspecified atom stereocenters. The molecule has 0 heterocycles. The van der Waals surface area contributed by atoms with E-state index in [1.807, 2.05) is 18.2 Å². The highest BCUT2D eigenvalue weighted by molar-refractivity contribution is 5.64. The van der Waals surface area contributed by atoms with Crippen molar-refractivity contribution in [3.8, 4) is 11.1 Å². The van der Waals surface area contributed by atoms with Crippen LogP contribution in [-0.4, -0.2) is 6.18 Å². The van der Waals surface area contributed by atoms with Crippen LogP contribution in [0.1, 0.15) is 75.3 Å². The number of hydrogen-bond acceptors (Lipinski definition) is 0. The lowest BCUT2D eigenvalue weighted by Crippen LogP contribution is -2.16. The average Bonchev–Trinajstić information content (AvgIpc) is 2.73. The molecule has 1 aliphatic rings. The van der Waals surface area contributed by atoms with Crippen LogP contribution >= 0.6 is 0 Å². The molecular weight excluding hydrogens is 407 g/mol. The van der Waals surface area contributed by atoms with Crippen LogP contribution in [-0.2, 0) is 0 Å². The van der Waals surface area contributed by atoms with Crippen LogP contribution in [0.5, 0.6) is 0 Å². The Morgan fingerprint density at radius 3 is 2.16 bits per heavy atom. The van der Waals surface area contributed by atoms with Gasteiger partial charge in [-0.1, -0.05) is 56.7 Å². The lowest BCUT2D eigenvalue weighted by Gasteiger charge is -2.28. The number of allylic oxidation sites excluding steroid dienone is 2. The van der Waals surface area contributed by atoms with E-state index in [4.69, 9.17) is 0 Å². The molecule has 0 spiro atoms. The molecule has 3 rings (SSSR count). The molecule has 0 N–H and O–H groups in total. The van der Waals surface area contributed by atoms with Gasteiger partial charge in [0.25, 0.3) is 0 Å². The van der Waals surface area contributed by atoms with Crippen LogP contribution in [0, 0.1) is 11.7 Å². The quantitative estimate of drug-likeness (QED) is 0.396. The maximum atomic E-state index is 14.9. The van der Waals surface area contributed by atoms with Gasteiger partial charge in [-0.05, 0) is 72.3 Å². The first-order valence-corrected chi connectivity index (χ1v) is 11.0. The van der Waals surface area contributed by atoms with E-state index in [2.05, 4.69) is 26.0 Å². The van der Waals surface area contributed by atoms with Crippen molar-refractivity contribution in [1.82, 2.24) is 0 Å². The minimum absolute atomic E-state index is 0.0961. The molecule has 1 saturated carbocycles. The van der Waals surface area contributed by atoms with Gasteiger partial charge in [0.1, 0.15) is 11.6 Å². The SMILES string of the molecule is CCCC(C)c1ccc(-c2ccc(C3CCC(/C(F)=C/C(F)(F)F)CC3)c(F)c2)cc1. The zero-order valence-corrected chi connectivity index (χ0v) is 18.0. The summed E-state index contributed by atoms with van der Waals surface area (Å²) in [6, 6.07) is 13.4. The molecule has 2 aromatic rings. The Kier molecular flexibility index (Phi) is 7.55. The van der Waals surface area contributed by atoms with Crippen LogP contribution in [0.2, 0.25) is 0 Å². The molecule has 0 radical (unpaired) electrons. The second kappa shape index (κ2) is 9.97. The predicted octanol–water partition coefficient (Wildman–Crippen LogP) is 9.09.